The number of thiophene rings is 1. The van der Waals surface area contributed by atoms with Crippen LogP contribution in [0.15, 0.2) is 67.9 Å². The molecule has 0 bridgehead atoms. The normalized spacial score (nSPS) is 11.5. The molecule has 4 aromatic heterocycles. The lowest BCUT2D eigenvalue weighted by Gasteiger charge is -2.03. The van der Waals surface area contributed by atoms with Gasteiger partial charge in [0.05, 0.1) is 10.9 Å². The number of aromatic amines is 1. The lowest BCUT2D eigenvalue weighted by molar-refractivity contribution is 0.485. The summed E-state index contributed by atoms with van der Waals surface area (Å²) in [6, 6.07) is 13.7. The van der Waals surface area contributed by atoms with Crippen LogP contribution in [0.25, 0.3) is 32.7 Å². The molecular weight excluding hydrogens is 390 g/mol. The van der Waals surface area contributed by atoms with E-state index in [-0.39, 0.29) is 5.56 Å². The van der Waals surface area contributed by atoms with Crippen LogP contribution >= 0.6 is 23.1 Å². The van der Waals surface area contributed by atoms with E-state index < -0.39 is 0 Å². The Bertz CT molecular complexity index is 1390. The highest BCUT2D eigenvalue weighted by molar-refractivity contribution is 7.99. The summed E-state index contributed by atoms with van der Waals surface area (Å²) in [6.07, 6.45) is 1.79. The highest BCUT2D eigenvalue weighted by Crippen LogP contribution is 2.35. The van der Waals surface area contributed by atoms with Gasteiger partial charge in [-0.05, 0) is 55.4 Å². The molecule has 0 amide bonds. The number of fused-ring (bicyclic) bond motifs is 2. The number of furan rings is 1. The van der Waals surface area contributed by atoms with Gasteiger partial charge in [0.1, 0.15) is 4.83 Å². The third kappa shape index (κ3) is 2.83. The summed E-state index contributed by atoms with van der Waals surface area (Å²) in [5, 5.41) is 2.46. The zero-order valence-corrected chi connectivity index (χ0v) is 16.8. The Morgan fingerprint density at radius 1 is 1.11 bits per heavy atom. The fraction of sp³-hybridized carbons (Fsp3) is 0.0952. The standard InChI is InChI=1S/C21H15N3O2S2/c1-11-12(2)27-21-17(11)20(25)23-19(24-21)14-8-9-16(26-14)28-15-7-3-5-13-6-4-10-22-18(13)15/h3-10H,1-2H3,(H,23,24,25). The first-order valence-corrected chi connectivity index (χ1v) is 10.4. The fourth-order valence-corrected chi connectivity index (χ4v) is 5.07. The number of pyridine rings is 1. The second-order valence-electron chi connectivity index (χ2n) is 6.43. The van der Waals surface area contributed by atoms with Gasteiger partial charge in [-0.2, -0.15) is 0 Å². The van der Waals surface area contributed by atoms with Crippen molar-refractivity contribution in [2.24, 2.45) is 0 Å². The molecule has 0 aliphatic heterocycles. The molecule has 0 unspecified atom stereocenters. The Hall–Kier alpha value is -2.90. The lowest BCUT2D eigenvalue weighted by atomic mass is 10.2. The molecule has 1 aromatic carbocycles. The van der Waals surface area contributed by atoms with Crippen LogP contribution in [0.4, 0.5) is 0 Å². The van der Waals surface area contributed by atoms with Gasteiger partial charge in [0.15, 0.2) is 16.7 Å². The first-order chi connectivity index (χ1) is 13.6. The number of aryl methyl sites for hydroxylation is 2. The molecule has 4 heterocycles. The quantitative estimate of drug-likeness (QED) is 0.425. The number of aromatic nitrogens is 3. The topological polar surface area (TPSA) is 71.8 Å². The van der Waals surface area contributed by atoms with Crippen molar-refractivity contribution in [1.29, 1.82) is 0 Å². The van der Waals surface area contributed by atoms with Gasteiger partial charge in [-0.15, -0.1) is 11.3 Å². The highest BCUT2D eigenvalue weighted by atomic mass is 32.2. The Balaban J connectivity index is 1.53. The number of nitrogens with one attached hydrogen (secondary N) is 1. The molecular formula is C21H15N3O2S2. The Kier molecular flexibility index (Phi) is 4.07. The van der Waals surface area contributed by atoms with Crippen LogP contribution in [0.5, 0.6) is 0 Å². The number of rotatable bonds is 3. The summed E-state index contributed by atoms with van der Waals surface area (Å²) in [6.45, 7) is 3.95. The monoisotopic (exact) mass is 405 g/mol. The SMILES string of the molecule is Cc1sc2nc(-c3ccc(Sc4cccc5cccnc45)o3)[nH]c(=O)c2c1C. The molecule has 0 fully saturated rings. The first kappa shape index (κ1) is 17.2. The predicted octanol–water partition coefficient (Wildman–Crippen LogP) is 5.56. The number of hydrogen-bond donors (Lipinski definition) is 1. The summed E-state index contributed by atoms with van der Waals surface area (Å²) in [4.78, 5) is 27.3. The molecule has 0 atom stereocenters. The fourth-order valence-electron chi connectivity index (χ4n) is 3.14. The van der Waals surface area contributed by atoms with Crippen LogP contribution in [0, 0.1) is 13.8 Å². The number of nitrogens with zero attached hydrogens (tertiary/aromatic N) is 2. The largest absolute Gasteiger partial charge is 0.446 e. The van der Waals surface area contributed by atoms with E-state index in [2.05, 4.69) is 15.0 Å². The minimum Gasteiger partial charge on any atom is -0.446 e. The lowest BCUT2D eigenvalue weighted by Crippen LogP contribution is -2.08. The molecule has 1 N–H and O–H groups in total. The Morgan fingerprint density at radius 3 is 2.86 bits per heavy atom. The molecule has 5 nitrogen and oxygen atoms in total. The van der Waals surface area contributed by atoms with E-state index in [9.17, 15) is 4.79 Å². The van der Waals surface area contributed by atoms with Crippen molar-refractivity contribution in [2.75, 3.05) is 0 Å². The minimum absolute atomic E-state index is 0.134. The van der Waals surface area contributed by atoms with Crippen molar-refractivity contribution in [1.82, 2.24) is 15.0 Å². The van der Waals surface area contributed by atoms with Gasteiger partial charge in [0.25, 0.3) is 5.56 Å². The van der Waals surface area contributed by atoms with Crippen LogP contribution in [0.3, 0.4) is 0 Å². The molecule has 0 radical (unpaired) electrons. The molecule has 0 spiro atoms. The van der Waals surface area contributed by atoms with Crippen molar-refractivity contribution < 1.29 is 4.42 Å². The van der Waals surface area contributed by atoms with E-state index in [0.717, 1.165) is 36.2 Å². The molecule has 0 aliphatic carbocycles. The molecule has 138 valence electrons. The van der Waals surface area contributed by atoms with Gasteiger partial charge in [-0.1, -0.05) is 18.2 Å². The van der Waals surface area contributed by atoms with Crippen molar-refractivity contribution in [3.63, 3.8) is 0 Å². The Labute approximate surface area is 168 Å². The molecule has 5 rings (SSSR count). The van der Waals surface area contributed by atoms with Gasteiger partial charge in [-0.3, -0.25) is 9.78 Å². The van der Waals surface area contributed by atoms with Crippen molar-refractivity contribution in [2.45, 2.75) is 23.8 Å². The Morgan fingerprint density at radius 2 is 1.96 bits per heavy atom. The summed E-state index contributed by atoms with van der Waals surface area (Å²) in [7, 11) is 0. The summed E-state index contributed by atoms with van der Waals surface area (Å²) >= 11 is 3.03. The molecule has 28 heavy (non-hydrogen) atoms. The second kappa shape index (κ2) is 6.61. The average Bonchev–Trinajstić information content (AvgIpc) is 3.27. The zero-order chi connectivity index (χ0) is 19.3. The molecule has 5 aromatic rings. The van der Waals surface area contributed by atoms with E-state index >= 15 is 0 Å². The van der Waals surface area contributed by atoms with E-state index in [1.54, 1.807) is 6.20 Å². The van der Waals surface area contributed by atoms with Crippen LogP contribution in [0.2, 0.25) is 0 Å². The van der Waals surface area contributed by atoms with Crippen molar-refractivity contribution >= 4 is 44.2 Å². The van der Waals surface area contributed by atoms with Gasteiger partial charge in [0.2, 0.25) is 0 Å². The van der Waals surface area contributed by atoms with Gasteiger partial charge in [0, 0.05) is 21.4 Å². The third-order valence-electron chi connectivity index (χ3n) is 4.66. The number of benzene rings is 1. The van der Waals surface area contributed by atoms with Crippen LogP contribution in [-0.2, 0) is 0 Å². The summed E-state index contributed by atoms with van der Waals surface area (Å²) in [5.41, 5.74) is 1.79. The smallest absolute Gasteiger partial charge is 0.260 e. The maximum Gasteiger partial charge on any atom is 0.260 e. The van der Waals surface area contributed by atoms with Gasteiger partial charge < -0.3 is 9.40 Å². The summed E-state index contributed by atoms with van der Waals surface area (Å²) < 4.78 is 5.97. The maximum atomic E-state index is 12.5. The van der Waals surface area contributed by atoms with Crippen LogP contribution in [-0.4, -0.2) is 15.0 Å². The number of para-hydroxylation sites is 1. The van der Waals surface area contributed by atoms with E-state index in [1.165, 1.54) is 23.1 Å². The van der Waals surface area contributed by atoms with Crippen LogP contribution < -0.4 is 5.56 Å². The molecule has 7 heteroatoms. The van der Waals surface area contributed by atoms with Gasteiger partial charge in [-0.25, -0.2) is 4.98 Å². The number of hydrogen-bond acceptors (Lipinski definition) is 6. The minimum atomic E-state index is -0.134. The third-order valence-corrected chi connectivity index (χ3v) is 6.73. The molecule has 0 saturated heterocycles. The average molecular weight is 406 g/mol. The predicted molar refractivity (Wildman–Crippen MR) is 113 cm³/mol. The van der Waals surface area contributed by atoms with Gasteiger partial charge >= 0.3 is 0 Å². The summed E-state index contributed by atoms with van der Waals surface area (Å²) in [5.74, 6) is 0.986. The zero-order valence-electron chi connectivity index (χ0n) is 15.1. The number of H-pyrrole nitrogens is 1. The molecule has 0 aliphatic rings. The second-order valence-corrected chi connectivity index (χ2v) is 8.68. The van der Waals surface area contributed by atoms with E-state index in [1.807, 2.05) is 56.3 Å². The van der Waals surface area contributed by atoms with Crippen molar-refractivity contribution in [3.8, 4) is 11.6 Å². The molecule has 0 saturated carbocycles. The van der Waals surface area contributed by atoms with Crippen LogP contribution in [0.1, 0.15) is 10.4 Å². The maximum absolute atomic E-state index is 12.5. The first-order valence-electron chi connectivity index (χ1n) is 8.72. The highest BCUT2D eigenvalue weighted by Gasteiger charge is 2.15. The van der Waals surface area contributed by atoms with Crippen molar-refractivity contribution in [3.05, 3.63) is 69.5 Å². The van der Waals surface area contributed by atoms with E-state index in [0.29, 0.717) is 17.0 Å². The van der Waals surface area contributed by atoms with E-state index in [4.69, 9.17) is 4.42 Å².